The SMILES string of the molecule is CCCCCC1CCC(CCc2ccc(C(=O)Oc3ccc(F)c(F)c3)c(F)c2)CC1. The maximum Gasteiger partial charge on any atom is 0.346 e. The van der Waals surface area contributed by atoms with Crippen molar-refractivity contribution in [2.45, 2.75) is 71.1 Å². The second-order valence-electron chi connectivity index (χ2n) is 8.70. The number of hydrogen-bond acceptors (Lipinski definition) is 2. The van der Waals surface area contributed by atoms with Crippen molar-refractivity contribution >= 4 is 5.97 Å². The Balaban J connectivity index is 1.48. The first-order valence-electron chi connectivity index (χ1n) is 11.4. The van der Waals surface area contributed by atoms with Crippen LogP contribution in [0.1, 0.15) is 80.6 Å². The van der Waals surface area contributed by atoms with Crippen LogP contribution in [-0.2, 0) is 6.42 Å². The van der Waals surface area contributed by atoms with Gasteiger partial charge in [0.15, 0.2) is 11.6 Å². The van der Waals surface area contributed by atoms with Gasteiger partial charge in [-0.3, -0.25) is 0 Å². The number of aryl methyl sites for hydroxylation is 1. The monoisotopic (exact) mass is 432 g/mol. The van der Waals surface area contributed by atoms with Crippen molar-refractivity contribution < 1.29 is 22.7 Å². The first-order chi connectivity index (χ1) is 15.0. The third kappa shape index (κ3) is 6.84. The number of halogens is 3. The van der Waals surface area contributed by atoms with Gasteiger partial charge < -0.3 is 4.74 Å². The van der Waals surface area contributed by atoms with E-state index in [1.807, 2.05) is 0 Å². The maximum absolute atomic E-state index is 14.5. The molecule has 2 aromatic carbocycles. The molecule has 1 saturated carbocycles. The summed E-state index contributed by atoms with van der Waals surface area (Å²) in [5.41, 5.74) is 0.632. The van der Waals surface area contributed by atoms with Crippen LogP contribution in [0.25, 0.3) is 0 Å². The Morgan fingerprint density at radius 3 is 2.23 bits per heavy atom. The summed E-state index contributed by atoms with van der Waals surface area (Å²) >= 11 is 0. The zero-order valence-corrected chi connectivity index (χ0v) is 18.1. The van der Waals surface area contributed by atoms with Crippen LogP contribution in [0.15, 0.2) is 36.4 Å². The number of rotatable bonds is 9. The molecule has 31 heavy (non-hydrogen) atoms. The van der Waals surface area contributed by atoms with Gasteiger partial charge in [-0.1, -0.05) is 64.4 Å². The summed E-state index contributed by atoms with van der Waals surface area (Å²) in [4.78, 5) is 12.2. The number of hydrogen-bond donors (Lipinski definition) is 0. The van der Waals surface area contributed by atoms with Gasteiger partial charge in [-0.2, -0.15) is 0 Å². The molecule has 1 aliphatic rings. The van der Waals surface area contributed by atoms with Gasteiger partial charge in [-0.05, 0) is 54.5 Å². The molecule has 3 rings (SSSR count). The van der Waals surface area contributed by atoms with E-state index in [0.717, 1.165) is 42.5 Å². The standard InChI is InChI=1S/C26H31F3O2/c1-2-3-4-5-18-6-8-19(9-7-18)10-11-20-12-14-22(24(28)16-20)26(30)31-21-13-15-23(27)25(29)17-21/h12-19H,2-11H2,1H3. The number of esters is 1. The highest BCUT2D eigenvalue weighted by atomic mass is 19.2. The molecular formula is C26H31F3O2. The van der Waals surface area contributed by atoms with E-state index in [9.17, 15) is 18.0 Å². The largest absolute Gasteiger partial charge is 0.423 e. The molecule has 2 nitrogen and oxygen atoms in total. The van der Waals surface area contributed by atoms with Crippen molar-refractivity contribution in [3.8, 4) is 5.75 Å². The van der Waals surface area contributed by atoms with E-state index in [4.69, 9.17) is 4.74 Å². The topological polar surface area (TPSA) is 26.3 Å². The van der Waals surface area contributed by atoms with Gasteiger partial charge in [0.05, 0.1) is 5.56 Å². The summed E-state index contributed by atoms with van der Waals surface area (Å²) in [5.74, 6) is -2.38. The summed E-state index contributed by atoms with van der Waals surface area (Å²) in [6.07, 6.45) is 12.2. The minimum atomic E-state index is -1.13. The summed E-state index contributed by atoms with van der Waals surface area (Å²) in [5, 5.41) is 0. The van der Waals surface area contributed by atoms with Crippen molar-refractivity contribution in [3.63, 3.8) is 0 Å². The van der Waals surface area contributed by atoms with Crippen LogP contribution in [-0.4, -0.2) is 5.97 Å². The van der Waals surface area contributed by atoms with Crippen LogP contribution >= 0.6 is 0 Å². The smallest absolute Gasteiger partial charge is 0.346 e. The van der Waals surface area contributed by atoms with Crippen LogP contribution in [0.2, 0.25) is 0 Å². The predicted molar refractivity (Wildman–Crippen MR) is 116 cm³/mol. The average molecular weight is 433 g/mol. The van der Waals surface area contributed by atoms with E-state index in [1.165, 1.54) is 63.5 Å². The summed E-state index contributed by atoms with van der Waals surface area (Å²) in [6, 6.07) is 7.26. The normalized spacial score (nSPS) is 18.7. The van der Waals surface area contributed by atoms with E-state index in [2.05, 4.69) is 6.92 Å². The summed E-state index contributed by atoms with van der Waals surface area (Å²) in [6.45, 7) is 2.24. The molecule has 168 valence electrons. The van der Waals surface area contributed by atoms with Crippen molar-refractivity contribution in [2.75, 3.05) is 0 Å². The molecule has 0 aliphatic heterocycles. The van der Waals surface area contributed by atoms with Crippen LogP contribution in [0, 0.1) is 29.3 Å². The predicted octanol–water partition coefficient (Wildman–Crippen LogP) is 7.64. The van der Waals surface area contributed by atoms with Crippen LogP contribution in [0.3, 0.4) is 0 Å². The summed E-state index contributed by atoms with van der Waals surface area (Å²) < 4.78 is 45.7. The van der Waals surface area contributed by atoms with Crippen molar-refractivity contribution in [2.24, 2.45) is 11.8 Å². The van der Waals surface area contributed by atoms with Gasteiger partial charge in [-0.15, -0.1) is 0 Å². The van der Waals surface area contributed by atoms with Crippen LogP contribution in [0.5, 0.6) is 5.75 Å². The third-order valence-electron chi connectivity index (χ3n) is 6.38. The number of ether oxygens (including phenoxy) is 1. The Hall–Kier alpha value is -2.30. The molecule has 0 saturated heterocycles. The minimum absolute atomic E-state index is 0.169. The van der Waals surface area contributed by atoms with E-state index < -0.39 is 23.4 Å². The molecule has 0 spiro atoms. The second kappa shape index (κ2) is 11.4. The first kappa shape index (κ1) is 23.4. The van der Waals surface area contributed by atoms with Gasteiger partial charge in [-0.25, -0.2) is 18.0 Å². The molecular weight excluding hydrogens is 401 g/mol. The highest BCUT2D eigenvalue weighted by molar-refractivity contribution is 5.91. The second-order valence-corrected chi connectivity index (χ2v) is 8.70. The van der Waals surface area contributed by atoms with Gasteiger partial charge in [0.25, 0.3) is 0 Å². The molecule has 1 fully saturated rings. The fourth-order valence-corrected chi connectivity index (χ4v) is 4.44. The molecule has 5 heteroatoms. The number of carbonyl (C=O) groups excluding carboxylic acids is 1. The lowest BCUT2D eigenvalue weighted by molar-refractivity contribution is 0.0729. The Kier molecular flexibility index (Phi) is 8.56. The lowest BCUT2D eigenvalue weighted by atomic mass is 9.78. The lowest BCUT2D eigenvalue weighted by Crippen LogP contribution is -2.15. The van der Waals surface area contributed by atoms with E-state index in [-0.39, 0.29) is 11.3 Å². The van der Waals surface area contributed by atoms with Crippen molar-refractivity contribution in [1.29, 1.82) is 0 Å². The molecule has 0 amide bonds. The lowest BCUT2D eigenvalue weighted by Gasteiger charge is -2.28. The number of benzene rings is 2. The zero-order chi connectivity index (χ0) is 22.2. The number of carbonyl (C=O) groups is 1. The average Bonchev–Trinajstić information content (AvgIpc) is 2.76. The van der Waals surface area contributed by atoms with Crippen molar-refractivity contribution in [1.82, 2.24) is 0 Å². The quantitative estimate of drug-likeness (QED) is 0.231. The molecule has 0 unspecified atom stereocenters. The molecule has 0 bridgehead atoms. The maximum atomic E-state index is 14.5. The Morgan fingerprint density at radius 2 is 1.58 bits per heavy atom. The Bertz CT molecular complexity index is 873. The molecule has 0 radical (unpaired) electrons. The Labute approximate surface area is 182 Å². The van der Waals surface area contributed by atoms with Gasteiger partial charge in [0.1, 0.15) is 11.6 Å². The first-order valence-corrected chi connectivity index (χ1v) is 11.4. The van der Waals surface area contributed by atoms with E-state index in [1.54, 1.807) is 6.07 Å². The van der Waals surface area contributed by atoms with Gasteiger partial charge >= 0.3 is 5.97 Å². The fourth-order valence-electron chi connectivity index (χ4n) is 4.44. The molecule has 0 atom stereocenters. The highest BCUT2D eigenvalue weighted by Crippen LogP contribution is 2.34. The van der Waals surface area contributed by atoms with Crippen LogP contribution in [0.4, 0.5) is 13.2 Å². The minimum Gasteiger partial charge on any atom is -0.423 e. The molecule has 0 aromatic heterocycles. The Morgan fingerprint density at radius 1 is 0.871 bits per heavy atom. The zero-order valence-electron chi connectivity index (χ0n) is 18.1. The van der Waals surface area contributed by atoms with E-state index in [0.29, 0.717) is 5.92 Å². The molecule has 0 N–H and O–H groups in total. The molecule has 2 aromatic rings. The third-order valence-corrected chi connectivity index (χ3v) is 6.38. The van der Waals surface area contributed by atoms with Crippen LogP contribution < -0.4 is 4.74 Å². The number of unbranched alkanes of at least 4 members (excludes halogenated alkanes) is 2. The highest BCUT2D eigenvalue weighted by Gasteiger charge is 2.21. The molecule has 0 heterocycles. The summed E-state index contributed by atoms with van der Waals surface area (Å²) in [7, 11) is 0. The fraction of sp³-hybridized carbons (Fsp3) is 0.500. The molecule has 1 aliphatic carbocycles. The van der Waals surface area contributed by atoms with Gasteiger partial charge in [0, 0.05) is 6.07 Å². The van der Waals surface area contributed by atoms with Gasteiger partial charge in [0.2, 0.25) is 0 Å². The van der Waals surface area contributed by atoms with Crippen molar-refractivity contribution in [3.05, 3.63) is 65.0 Å². The van der Waals surface area contributed by atoms with E-state index >= 15 is 0 Å².